The minimum atomic E-state index is -0.741. The molecule has 49 heavy (non-hydrogen) atoms. The number of hydrogen-bond donors (Lipinski definition) is 2. The van der Waals surface area contributed by atoms with Gasteiger partial charge in [0.15, 0.2) is 5.82 Å². The van der Waals surface area contributed by atoms with Gasteiger partial charge in [0, 0.05) is 50.4 Å². The molecular formula is C38H39ClN6O4. The summed E-state index contributed by atoms with van der Waals surface area (Å²) < 4.78 is 8.19. The number of amides is 1. The molecule has 10 nitrogen and oxygen atoms in total. The lowest BCUT2D eigenvalue weighted by molar-refractivity contribution is -0.141. The smallest absolute Gasteiger partial charge is 0.307 e. The molecule has 0 unspecified atom stereocenters. The quantitative estimate of drug-likeness (QED) is 0.228. The number of hydrogen-bond acceptors (Lipinski definition) is 7. The Bertz CT molecular complexity index is 2020. The van der Waals surface area contributed by atoms with Gasteiger partial charge < -0.3 is 24.6 Å². The van der Waals surface area contributed by atoms with E-state index in [0.29, 0.717) is 47.4 Å². The Hall–Kier alpha value is -4.69. The summed E-state index contributed by atoms with van der Waals surface area (Å²) in [6.07, 6.45) is 3.12. The maximum atomic E-state index is 13.4. The van der Waals surface area contributed by atoms with E-state index in [9.17, 15) is 20.0 Å². The van der Waals surface area contributed by atoms with Crippen LogP contribution in [0, 0.1) is 24.2 Å². The number of likely N-dealkylation sites (N-methyl/N-ethyl adjacent to an activating group) is 1. The normalized spacial score (nSPS) is 18.9. The van der Waals surface area contributed by atoms with Gasteiger partial charge in [0.2, 0.25) is 0 Å². The standard InChI is InChI=1S/C38H39ClN6O4/c1-22-24(21-49-34-13-11-27-26(29(34)18-40)10-12-32(27)45-17-14-23(19-45)38(47)48)6-4-7-25(22)28-8-5-9-30(35(28)39)42-37(46)36-41-31-20-43(2)16-15-33(31)44(36)3/h4-9,11,13,23,32H,10,12,14-17,19-21H2,1-3H3,(H,42,46)(H,47,48)/t23-,32-/m1/s1. The summed E-state index contributed by atoms with van der Waals surface area (Å²) in [5.41, 5.74) is 8.80. The minimum Gasteiger partial charge on any atom is -0.488 e. The van der Waals surface area contributed by atoms with Crippen LogP contribution in [0.25, 0.3) is 11.1 Å². The molecule has 0 saturated carbocycles. The number of halogens is 1. The molecule has 1 aliphatic carbocycles. The highest BCUT2D eigenvalue weighted by Gasteiger charge is 2.37. The van der Waals surface area contributed by atoms with E-state index in [1.54, 1.807) is 6.07 Å². The van der Waals surface area contributed by atoms with Crippen molar-refractivity contribution in [3.63, 3.8) is 0 Å². The van der Waals surface area contributed by atoms with E-state index in [1.807, 2.05) is 68.1 Å². The number of carboxylic acid groups (broad SMARTS) is 1. The Labute approximate surface area is 290 Å². The lowest BCUT2D eigenvalue weighted by Crippen LogP contribution is -2.27. The lowest BCUT2D eigenvalue weighted by Gasteiger charge is -2.25. The number of imidazole rings is 1. The summed E-state index contributed by atoms with van der Waals surface area (Å²) in [6.45, 7) is 5.21. The molecule has 1 amide bonds. The number of benzene rings is 3. The van der Waals surface area contributed by atoms with Crippen LogP contribution in [0.5, 0.6) is 5.75 Å². The third kappa shape index (κ3) is 6.07. The number of nitriles is 1. The fourth-order valence-corrected chi connectivity index (χ4v) is 7.99. The molecule has 11 heteroatoms. The van der Waals surface area contributed by atoms with E-state index in [4.69, 9.17) is 16.3 Å². The van der Waals surface area contributed by atoms with Gasteiger partial charge in [-0.2, -0.15) is 5.26 Å². The summed E-state index contributed by atoms with van der Waals surface area (Å²) in [6, 6.07) is 18.0. The van der Waals surface area contributed by atoms with Crippen molar-refractivity contribution in [3.05, 3.63) is 98.6 Å². The van der Waals surface area contributed by atoms with Crippen LogP contribution >= 0.6 is 11.6 Å². The number of nitrogens with zero attached hydrogens (tertiary/aromatic N) is 5. The van der Waals surface area contributed by atoms with Crippen molar-refractivity contribution >= 4 is 29.2 Å². The summed E-state index contributed by atoms with van der Waals surface area (Å²) in [5, 5.41) is 23.1. The molecule has 3 heterocycles. The van der Waals surface area contributed by atoms with Gasteiger partial charge in [-0.3, -0.25) is 14.5 Å². The summed E-state index contributed by atoms with van der Waals surface area (Å²) in [7, 11) is 3.93. The number of likely N-dealkylation sites (tertiary alicyclic amines) is 1. The van der Waals surface area contributed by atoms with E-state index in [0.717, 1.165) is 77.1 Å². The Morgan fingerprint density at radius 2 is 1.88 bits per heavy atom. The molecule has 0 radical (unpaired) electrons. The van der Waals surface area contributed by atoms with Crippen LogP contribution in [-0.2, 0) is 37.8 Å². The van der Waals surface area contributed by atoms with Crippen LogP contribution in [0.3, 0.4) is 0 Å². The number of ether oxygens (including phenoxy) is 1. The van der Waals surface area contributed by atoms with Crippen molar-refractivity contribution in [1.29, 1.82) is 5.26 Å². The van der Waals surface area contributed by atoms with E-state index >= 15 is 0 Å². The lowest BCUT2D eigenvalue weighted by atomic mass is 9.96. The largest absolute Gasteiger partial charge is 0.488 e. The van der Waals surface area contributed by atoms with Gasteiger partial charge in [-0.15, -0.1) is 0 Å². The van der Waals surface area contributed by atoms with Crippen molar-refractivity contribution in [1.82, 2.24) is 19.4 Å². The second-order valence-electron chi connectivity index (χ2n) is 13.4. The Kier molecular flexibility index (Phi) is 8.92. The van der Waals surface area contributed by atoms with Gasteiger partial charge in [-0.05, 0) is 79.7 Å². The first kappa shape index (κ1) is 32.8. The topological polar surface area (TPSA) is 124 Å². The van der Waals surface area contributed by atoms with E-state index < -0.39 is 5.97 Å². The number of aromatic nitrogens is 2. The molecule has 252 valence electrons. The fraction of sp³-hybridized carbons (Fsp3) is 0.368. The first-order valence-electron chi connectivity index (χ1n) is 16.7. The number of carboxylic acids is 1. The summed E-state index contributed by atoms with van der Waals surface area (Å²) >= 11 is 6.96. The van der Waals surface area contributed by atoms with Gasteiger partial charge in [0.25, 0.3) is 5.91 Å². The van der Waals surface area contributed by atoms with Crippen LogP contribution in [0.4, 0.5) is 5.69 Å². The molecule has 1 aromatic heterocycles. The third-order valence-corrected chi connectivity index (χ3v) is 10.9. The van der Waals surface area contributed by atoms with Crippen molar-refractivity contribution in [2.75, 3.05) is 32.0 Å². The second kappa shape index (κ2) is 13.3. The predicted molar refractivity (Wildman–Crippen MR) is 187 cm³/mol. The molecule has 3 aliphatic rings. The van der Waals surface area contributed by atoms with Gasteiger partial charge in [0.1, 0.15) is 18.4 Å². The SMILES string of the molecule is Cc1c(COc2ccc3c(c2C#N)CC[C@H]3N2CC[C@@H](C(=O)O)C2)cccc1-c1cccc(NC(=O)c2nc3c(n2C)CCN(C)C3)c1Cl. The van der Waals surface area contributed by atoms with Crippen molar-refractivity contribution in [2.45, 2.75) is 51.8 Å². The summed E-state index contributed by atoms with van der Waals surface area (Å²) in [5.74, 6) is -0.483. The van der Waals surface area contributed by atoms with Crippen molar-refractivity contribution < 1.29 is 19.4 Å². The Morgan fingerprint density at radius 3 is 2.65 bits per heavy atom. The molecule has 7 rings (SSSR count). The number of aliphatic carboxylic acids is 1. The highest BCUT2D eigenvalue weighted by Crippen LogP contribution is 2.43. The molecule has 4 aromatic rings. The average Bonchev–Trinajstić information content (AvgIpc) is 3.82. The zero-order valence-electron chi connectivity index (χ0n) is 27.9. The zero-order chi connectivity index (χ0) is 34.4. The van der Waals surface area contributed by atoms with Crippen molar-refractivity contribution in [2.24, 2.45) is 13.0 Å². The van der Waals surface area contributed by atoms with E-state index in [2.05, 4.69) is 26.2 Å². The van der Waals surface area contributed by atoms with Gasteiger partial charge in [-0.1, -0.05) is 48.0 Å². The number of nitrogens with one attached hydrogen (secondary N) is 1. The monoisotopic (exact) mass is 678 g/mol. The number of carbonyl (C=O) groups excluding carboxylic acids is 1. The number of rotatable bonds is 8. The van der Waals surface area contributed by atoms with Gasteiger partial charge >= 0.3 is 5.97 Å². The van der Waals surface area contributed by atoms with Crippen LogP contribution in [-0.4, -0.2) is 63.0 Å². The predicted octanol–water partition coefficient (Wildman–Crippen LogP) is 6.13. The molecule has 0 bridgehead atoms. The fourth-order valence-electron chi connectivity index (χ4n) is 7.72. The molecule has 0 spiro atoms. The zero-order valence-corrected chi connectivity index (χ0v) is 28.7. The maximum Gasteiger partial charge on any atom is 0.307 e. The average molecular weight is 679 g/mol. The van der Waals surface area contributed by atoms with Gasteiger partial charge in [-0.25, -0.2) is 4.98 Å². The molecular weight excluding hydrogens is 640 g/mol. The third-order valence-electron chi connectivity index (χ3n) is 10.5. The molecule has 1 fully saturated rings. The highest BCUT2D eigenvalue weighted by molar-refractivity contribution is 6.36. The summed E-state index contributed by atoms with van der Waals surface area (Å²) in [4.78, 5) is 34.0. The first-order valence-corrected chi connectivity index (χ1v) is 17.1. The molecule has 2 aliphatic heterocycles. The number of carbonyl (C=O) groups is 2. The van der Waals surface area contributed by atoms with Crippen molar-refractivity contribution in [3.8, 4) is 22.9 Å². The van der Waals surface area contributed by atoms with Crippen LogP contribution in [0.15, 0.2) is 48.5 Å². The molecule has 3 aromatic carbocycles. The molecule has 1 saturated heterocycles. The van der Waals surface area contributed by atoms with E-state index in [1.165, 1.54) is 0 Å². The van der Waals surface area contributed by atoms with E-state index in [-0.39, 0.29) is 24.5 Å². The van der Waals surface area contributed by atoms with Gasteiger partial charge in [0.05, 0.1) is 27.9 Å². The molecule has 2 N–H and O–H groups in total. The minimum absolute atomic E-state index is 0.126. The Balaban J connectivity index is 1.08. The number of anilines is 1. The first-order chi connectivity index (χ1) is 23.6. The second-order valence-corrected chi connectivity index (χ2v) is 13.7. The maximum absolute atomic E-state index is 13.4. The highest BCUT2D eigenvalue weighted by atomic mass is 35.5. The van der Waals surface area contributed by atoms with Crippen LogP contribution < -0.4 is 10.1 Å². The molecule has 2 atom stereocenters. The van der Waals surface area contributed by atoms with Crippen LogP contribution in [0.1, 0.15) is 68.7 Å². The number of fused-ring (bicyclic) bond motifs is 2. The Morgan fingerprint density at radius 1 is 1.08 bits per heavy atom. The van der Waals surface area contributed by atoms with Crippen LogP contribution in [0.2, 0.25) is 5.02 Å².